The van der Waals surface area contributed by atoms with Gasteiger partial charge >= 0.3 is 11.9 Å². The Morgan fingerprint density at radius 2 is 1.79 bits per heavy atom. The average Bonchev–Trinajstić information content (AvgIpc) is 3.13. The van der Waals surface area contributed by atoms with E-state index >= 15 is 0 Å². The van der Waals surface area contributed by atoms with E-state index in [2.05, 4.69) is 5.32 Å². The van der Waals surface area contributed by atoms with Gasteiger partial charge in [0, 0.05) is 5.92 Å². The van der Waals surface area contributed by atoms with Crippen LogP contribution in [0.2, 0.25) is 0 Å². The van der Waals surface area contributed by atoms with Crippen LogP contribution in [0.4, 0.5) is 0 Å². The minimum atomic E-state index is -1.42. The van der Waals surface area contributed by atoms with Crippen molar-refractivity contribution in [2.45, 2.75) is 39.5 Å². The number of Topliss-reactive ketones (excluding diaryl/α,β-unsaturated/α-hetero) is 1. The third-order valence-corrected chi connectivity index (χ3v) is 4.92. The van der Waals surface area contributed by atoms with Crippen molar-refractivity contribution in [2.24, 2.45) is 11.3 Å². The molecule has 8 heteroatoms. The molecular weight excluding hydrogens is 334 g/mol. The highest BCUT2D eigenvalue weighted by Gasteiger charge is 2.50. The fourth-order valence-electron chi connectivity index (χ4n) is 2.15. The summed E-state index contributed by atoms with van der Waals surface area (Å²) in [6.45, 7) is 3.93. The van der Waals surface area contributed by atoms with Crippen molar-refractivity contribution >= 4 is 35.4 Å². The Bertz CT molecular complexity index is 555. The first-order valence-electron chi connectivity index (χ1n) is 7.73. The molecule has 0 aromatic carbocycles. The molecule has 1 aliphatic rings. The molecule has 1 rings (SSSR count). The molecule has 0 aliphatic heterocycles. The number of hydrogen-bond acceptors (Lipinski definition) is 5. The molecule has 1 saturated carbocycles. The van der Waals surface area contributed by atoms with E-state index in [1.165, 1.54) is 17.8 Å². The zero-order valence-electron chi connectivity index (χ0n) is 13.8. The van der Waals surface area contributed by atoms with Gasteiger partial charge in [0.15, 0.2) is 0 Å². The number of carboxylic acids is 2. The predicted molar refractivity (Wildman–Crippen MR) is 89.6 cm³/mol. The van der Waals surface area contributed by atoms with E-state index in [0.29, 0.717) is 18.6 Å². The Labute approximate surface area is 144 Å². The predicted octanol–water partition coefficient (Wildman–Crippen LogP) is 1.67. The summed E-state index contributed by atoms with van der Waals surface area (Å²) < 4.78 is 0. The molecule has 0 spiro atoms. The molecular formula is C16H23NO6S. The largest absolute Gasteiger partial charge is 0.477 e. The molecule has 1 atom stereocenters. The molecule has 134 valence electrons. The van der Waals surface area contributed by atoms with Crippen LogP contribution in [0.25, 0.3) is 0 Å². The van der Waals surface area contributed by atoms with Gasteiger partial charge in [-0.2, -0.15) is 11.8 Å². The van der Waals surface area contributed by atoms with Gasteiger partial charge in [-0.3, -0.25) is 9.59 Å². The average molecular weight is 357 g/mol. The smallest absolute Gasteiger partial charge is 0.373 e. The molecule has 0 heterocycles. The summed E-state index contributed by atoms with van der Waals surface area (Å²) >= 11 is 1.24. The van der Waals surface area contributed by atoms with Crippen LogP contribution in [0.5, 0.6) is 0 Å². The zero-order chi connectivity index (χ0) is 18.3. The number of carbonyl (C=O) groups excluding carboxylic acids is 2. The number of hydrogen-bond donors (Lipinski definition) is 3. The number of nitrogens with one attached hydrogen (secondary N) is 1. The fraction of sp³-hybridized carbons (Fsp3) is 0.625. The second kappa shape index (κ2) is 8.86. The van der Waals surface area contributed by atoms with Crippen LogP contribution in [0.1, 0.15) is 39.5 Å². The SMILES string of the molecule is CC1(C)CC1C(=O)N/C(=C\CCCCSCC(=O)C(=O)O)C(=O)O. The summed E-state index contributed by atoms with van der Waals surface area (Å²) in [4.78, 5) is 44.3. The number of carbonyl (C=O) groups is 4. The maximum atomic E-state index is 11.9. The van der Waals surface area contributed by atoms with Gasteiger partial charge in [0.1, 0.15) is 5.70 Å². The molecule has 0 bridgehead atoms. The molecule has 0 aromatic rings. The summed E-state index contributed by atoms with van der Waals surface area (Å²) in [5.74, 6) is -3.23. The Kier molecular flexibility index (Phi) is 7.47. The monoisotopic (exact) mass is 357 g/mol. The van der Waals surface area contributed by atoms with Gasteiger partial charge in [-0.25, -0.2) is 9.59 Å². The van der Waals surface area contributed by atoms with Crippen LogP contribution in [-0.4, -0.2) is 45.3 Å². The van der Waals surface area contributed by atoms with Crippen molar-refractivity contribution in [1.82, 2.24) is 5.32 Å². The Morgan fingerprint density at radius 3 is 2.29 bits per heavy atom. The Balaban J connectivity index is 2.27. The lowest BCUT2D eigenvalue weighted by atomic mass is 10.1. The van der Waals surface area contributed by atoms with Crippen molar-refractivity contribution in [3.63, 3.8) is 0 Å². The number of unbranched alkanes of at least 4 members (excludes halogenated alkanes) is 2. The quantitative estimate of drug-likeness (QED) is 0.292. The summed E-state index contributed by atoms with van der Waals surface area (Å²) in [5.41, 5.74) is -0.158. The second-order valence-corrected chi connectivity index (χ2v) is 7.54. The summed E-state index contributed by atoms with van der Waals surface area (Å²) in [6, 6.07) is 0. The lowest BCUT2D eigenvalue weighted by Crippen LogP contribution is -2.29. The molecule has 1 amide bonds. The first-order chi connectivity index (χ1) is 11.1. The van der Waals surface area contributed by atoms with Gasteiger partial charge in [0.05, 0.1) is 5.75 Å². The molecule has 1 unspecified atom stereocenters. The van der Waals surface area contributed by atoms with Gasteiger partial charge in [0.2, 0.25) is 11.7 Å². The number of thioether (sulfide) groups is 1. The van der Waals surface area contributed by atoms with Gasteiger partial charge < -0.3 is 15.5 Å². The van der Waals surface area contributed by atoms with Crippen molar-refractivity contribution in [3.8, 4) is 0 Å². The lowest BCUT2D eigenvalue weighted by Gasteiger charge is -2.07. The first-order valence-corrected chi connectivity index (χ1v) is 8.89. The van der Waals surface area contributed by atoms with Crippen LogP contribution in [0.3, 0.4) is 0 Å². The molecule has 1 aliphatic carbocycles. The first kappa shape index (κ1) is 20.2. The van der Waals surface area contributed by atoms with Crippen LogP contribution >= 0.6 is 11.8 Å². The summed E-state index contributed by atoms with van der Waals surface area (Å²) in [5, 5.41) is 20.0. The normalized spacial score (nSPS) is 18.8. The van der Waals surface area contributed by atoms with Crippen molar-refractivity contribution in [2.75, 3.05) is 11.5 Å². The third-order valence-electron chi connectivity index (χ3n) is 3.88. The summed E-state index contributed by atoms with van der Waals surface area (Å²) in [7, 11) is 0. The van der Waals surface area contributed by atoms with E-state index < -0.39 is 17.7 Å². The minimum absolute atomic E-state index is 0.0568. The molecule has 0 radical (unpaired) electrons. The van der Waals surface area contributed by atoms with E-state index in [-0.39, 0.29) is 28.7 Å². The second-order valence-electron chi connectivity index (χ2n) is 6.43. The Hall–Kier alpha value is -1.83. The van der Waals surface area contributed by atoms with E-state index in [0.717, 1.165) is 12.8 Å². The maximum absolute atomic E-state index is 11.9. The van der Waals surface area contributed by atoms with Crippen LogP contribution in [0, 0.1) is 11.3 Å². The number of amides is 1. The number of rotatable bonds is 11. The molecule has 0 aromatic heterocycles. The van der Waals surface area contributed by atoms with Crippen molar-refractivity contribution < 1.29 is 29.4 Å². The standard InChI is InChI=1S/C16H23NO6S/c1-16(2)8-10(16)13(19)17-11(14(20)21)6-4-3-5-7-24-9-12(18)15(22)23/h6,10H,3-5,7-9H2,1-2H3,(H,17,19)(H,20,21)(H,22,23)/b11-6-. The zero-order valence-corrected chi connectivity index (χ0v) is 14.6. The summed E-state index contributed by atoms with van der Waals surface area (Å²) in [6.07, 6.45) is 4.16. The fourth-order valence-corrected chi connectivity index (χ4v) is 3.01. The van der Waals surface area contributed by atoms with Crippen LogP contribution in [-0.2, 0) is 19.2 Å². The minimum Gasteiger partial charge on any atom is -0.477 e. The molecule has 0 saturated heterocycles. The van der Waals surface area contributed by atoms with E-state index in [9.17, 15) is 19.2 Å². The highest BCUT2D eigenvalue weighted by atomic mass is 32.2. The van der Waals surface area contributed by atoms with E-state index in [1.807, 2.05) is 13.8 Å². The Morgan fingerprint density at radius 1 is 1.17 bits per heavy atom. The van der Waals surface area contributed by atoms with Gasteiger partial charge in [-0.15, -0.1) is 0 Å². The number of carboxylic acid groups (broad SMARTS) is 2. The number of allylic oxidation sites excluding steroid dienone is 1. The van der Waals surface area contributed by atoms with Crippen LogP contribution < -0.4 is 5.32 Å². The van der Waals surface area contributed by atoms with Gasteiger partial charge in [0.25, 0.3) is 0 Å². The van der Waals surface area contributed by atoms with Crippen molar-refractivity contribution in [1.29, 1.82) is 0 Å². The highest BCUT2D eigenvalue weighted by molar-refractivity contribution is 8.00. The van der Waals surface area contributed by atoms with Crippen LogP contribution in [0.15, 0.2) is 11.8 Å². The number of ketones is 1. The molecule has 3 N–H and O–H groups in total. The van der Waals surface area contributed by atoms with E-state index in [4.69, 9.17) is 10.2 Å². The maximum Gasteiger partial charge on any atom is 0.373 e. The third kappa shape index (κ3) is 6.74. The highest BCUT2D eigenvalue weighted by Crippen LogP contribution is 2.51. The molecule has 7 nitrogen and oxygen atoms in total. The molecule has 24 heavy (non-hydrogen) atoms. The molecule has 1 fully saturated rings. The van der Waals surface area contributed by atoms with Gasteiger partial charge in [-0.1, -0.05) is 19.9 Å². The van der Waals surface area contributed by atoms with E-state index in [1.54, 1.807) is 0 Å². The van der Waals surface area contributed by atoms with Gasteiger partial charge in [-0.05, 0) is 36.9 Å². The topological polar surface area (TPSA) is 121 Å². The lowest BCUT2D eigenvalue weighted by molar-refractivity contribution is -0.147. The van der Waals surface area contributed by atoms with Crippen molar-refractivity contribution in [3.05, 3.63) is 11.8 Å². The number of aliphatic carboxylic acids is 2.